The van der Waals surface area contributed by atoms with Crippen LogP contribution in [0.2, 0.25) is 5.02 Å². The van der Waals surface area contributed by atoms with Crippen LogP contribution in [-0.4, -0.2) is 40.5 Å². The number of nitro benzene ring substituents is 1. The summed E-state index contributed by atoms with van der Waals surface area (Å²) in [6.07, 6.45) is -0.344. The molecule has 0 aromatic heterocycles. The fourth-order valence-corrected chi connectivity index (χ4v) is 2.96. The third-order valence-electron chi connectivity index (χ3n) is 4.29. The van der Waals surface area contributed by atoms with Crippen molar-refractivity contribution in [1.29, 1.82) is 0 Å². The molecule has 2 atom stereocenters. The summed E-state index contributed by atoms with van der Waals surface area (Å²) in [5.74, 6) is -3.72. The van der Waals surface area contributed by atoms with Gasteiger partial charge >= 0.3 is 11.9 Å². The van der Waals surface area contributed by atoms with E-state index in [9.17, 15) is 29.6 Å². The van der Waals surface area contributed by atoms with Gasteiger partial charge in [0.05, 0.1) is 18.0 Å². The van der Waals surface area contributed by atoms with Crippen molar-refractivity contribution in [3.05, 3.63) is 74.8 Å². The highest BCUT2D eigenvalue weighted by Gasteiger charge is 2.33. The van der Waals surface area contributed by atoms with E-state index in [0.29, 0.717) is 10.6 Å². The minimum absolute atomic E-state index is 0.0979. The van der Waals surface area contributed by atoms with Crippen LogP contribution in [0.1, 0.15) is 35.2 Å². The van der Waals surface area contributed by atoms with Gasteiger partial charge in [-0.3, -0.25) is 19.7 Å². The maximum Gasteiger partial charge on any atom is 0.326 e. The van der Waals surface area contributed by atoms with E-state index in [0.717, 1.165) is 0 Å². The van der Waals surface area contributed by atoms with Gasteiger partial charge in [0.2, 0.25) is 0 Å². The van der Waals surface area contributed by atoms with Crippen LogP contribution in [0, 0.1) is 10.1 Å². The van der Waals surface area contributed by atoms with Crippen molar-refractivity contribution >= 4 is 35.1 Å². The number of aliphatic carboxylic acids is 1. The predicted molar refractivity (Wildman–Crippen MR) is 107 cm³/mol. The molecule has 0 bridgehead atoms. The van der Waals surface area contributed by atoms with Crippen molar-refractivity contribution in [2.24, 2.45) is 0 Å². The lowest BCUT2D eigenvalue weighted by molar-refractivity contribution is -0.384. The molecule has 158 valence electrons. The fraction of sp³-hybridized carbons (Fsp3) is 0.250. The van der Waals surface area contributed by atoms with Crippen LogP contribution >= 0.6 is 11.6 Å². The number of carbonyl (C=O) groups excluding carboxylic acids is 2. The Morgan fingerprint density at radius 3 is 2.23 bits per heavy atom. The number of carboxylic acids is 1. The van der Waals surface area contributed by atoms with E-state index in [1.165, 1.54) is 48.5 Å². The van der Waals surface area contributed by atoms with E-state index in [1.807, 2.05) is 0 Å². The van der Waals surface area contributed by atoms with Crippen LogP contribution in [-0.2, 0) is 14.3 Å². The number of hydrogen-bond donors (Lipinski definition) is 2. The lowest BCUT2D eigenvalue weighted by Crippen LogP contribution is -2.45. The van der Waals surface area contributed by atoms with Gasteiger partial charge in [0, 0.05) is 28.6 Å². The molecule has 0 spiro atoms. The second-order valence-electron chi connectivity index (χ2n) is 6.26. The van der Waals surface area contributed by atoms with E-state index < -0.39 is 34.7 Å². The molecule has 30 heavy (non-hydrogen) atoms. The molecule has 0 aliphatic carbocycles. The summed E-state index contributed by atoms with van der Waals surface area (Å²) >= 11 is 5.80. The number of hydrogen-bond acceptors (Lipinski definition) is 6. The first-order valence-corrected chi connectivity index (χ1v) is 9.30. The summed E-state index contributed by atoms with van der Waals surface area (Å²) in [6.45, 7) is 1.70. The van der Waals surface area contributed by atoms with Crippen LogP contribution in [0.25, 0.3) is 0 Å². The molecule has 9 nitrogen and oxygen atoms in total. The Hall–Kier alpha value is -3.46. The van der Waals surface area contributed by atoms with Crippen LogP contribution in [0.15, 0.2) is 48.5 Å². The minimum Gasteiger partial charge on any atom is -0.480 e. The summed E-state index contributed by atoms with van der Waals surface area (Å²) in [7, 11) is 0. The Labute approximate surface area is 176 Å². The Kier molecular flexibility index (Phi) is 7.88. The fourth-order valence-electron chi connectivity index (χ4n) is 2.83. The quantitative estimate of drug-likeness (QED) is 0.351. The van der Waals surface area contributed by atoms with Gasteiger partial charge < -0.3 is 15.2 Å². The number of nitrogens with one attached hydrogen (secondary N) is 1. The standard InChI is InChI=1S/C20H19ClN2O7/c1-2-30-17(24)11-16(12-5-9-15(10-6-12)23(28)29)18(20(26)27)22-19(25)13-3-7-14(21)8-4-13/h3-10,16,18H,2,11H2,1H3,(H,22,25)(H,26,27)/t16-,18-/m0/s1. The van der Waals surface area contributed by atoms with Gasteiger partial charge in [0.1, 0.15) is 6.04 Å². The van der Waals surface area contributed by atoms with Gasteiger partial charge in [0.25, 0.3) is 11.6 Å². The smallest absolute Gasteiger partial charge is 0.326 e. The summed E-state index contributed by atoms with van der Waals surface area (Å²) in [6, 6.07) is 9.46. The molecule has 0 fully saturated rings. The maximum atomic E-state index is 12.5. The third kappa shape index (κ3) is 6.02. The number of benzene rings is 2. The number of halogens is 1. The Balaban J connectivity index is 2.36. The summed E-state index contributed by atoms with van der Waals surface area (Å²) < 4.78 is 4.92. The first-order chi connectivity index (χ1) is 14.2. The number of non-ortho nitro benzene ring substituents is 1. The Bertz CT molecular complexity index is 929. The molecule has 0 aliphatic rings. The largest absolute Gasteiger partial charge is 0.480 e. The summed E-state index contributed by atoms with van der Waals surface area (Å²) in [4.78, 5) is 46.9. The lowest BCUT2D eigenvalue weighted by Gasteiger charge is -2.25. The van der Waals surface area contributed by atoms with Crippen LogP contribution < -0.4 is 5.32 Å². The molecular weight excluding hydrogens is 416 g/mol. The van der Waals surface area contributed by atoms with Crippen molar-refractivity contribution in [2.75, 3.05) is 6.61 Å². The van der Waals surface area contributed by atoms with E-state index >= 15 is 0 Å². The van der Waals surface area contributed by atoms with Gasteiger partial charge in [-0.15, -0.1) is 0 Å². The SMILES string of the molecule is CCOC(=O)C[C@@H](c1ccc([N+](=O)[O-])cc1)[C@H](NC(=O)c1ccc(Cl)cc1)C(=O)O. The number of esters is 1. The molecule has 0 saturated heterocycles. The van der Waals surface area contributed by atoms with Crippen molar-refractivity contribution in [1.82, 2.24) is 5.32 Å². The zero-order chi connectivity index (χ0) is 22.3. The number of rotatable bonds is 9. The molecule has 2 rings (SSSR count). The first kappa shape index (κ1) is 22.8. The number of amides is 1. The topological polar surface area (TPSA) is 136 Å². The predicted octanol–water partition coefficient (Wildman–Crippen LogP) is 3.17. The highest BCUT2D eigenvalue weighted by Crippen LogP contribution is 2.27. The Morgan fingerprint density at radius 1 is 1.13 bits per heavy atom. The molecule has 1 amide bonds. The number of nitro groups is 1. The monoisotopic (exact) mass is 434 g/mol. The lowest BCUT2D eigenvalue weighted by atomic mass is 9.88. The van der Waals surface area contributed by atoms with Crippen molar-refractivity contribution in [2.45, 2.75) is 25.3 Å². The summed E-state index contributed by atoms with van der Waals surface area (Å²) in [5, 5.41) is 23.4. The highest BCUT2D eigenvalue weighted by molar-refractivity contribution is 6.30. The second kappa shape index (κ2) is 10.4. The van der Waals surface area contributed by atoms with Crippen LogP contribution in [0.4, 0.5) is 5.69 Å². The van der Waals surface area contributed by atoms with Gasteiger partial charge in [0.15, 0.2) is 0 Å². The van der Waals surface area contributed by atoms with Crippen molar-refractivity contribution < 1.29 is 29.2 Å². The molecule has 2 N–H and O–H groups in total. The molecule has 0 aliphatic heterocycles. The molecular formula is C20H19ClN2O7. The normalized spacial score (nSPS) is 12.5. The highest BCUT2D eigenvalue weighted by atomic mass is 35.5. The van der Waals surface area contributed by atoms with Crippen LogP contribution in [0.5, 0.6) is 0 Å². The zero-order valence-corrected chi connectivity index (χ0v) is 16.7. The van der Waals surface area contributed by atoms with Crippen molar-refractivity contribution in [3.8, 4) is 0 Å². The van der Waals surface area contributed by atoms with E-state index in [4.69, 9.17) is 16.3 Å². The van der Waals surface area contributed by atoms with Gasteiger partial charge in [-0.2, -0.15) is 0 Å². The zero-order valence-electron chi connectivity index (χ0n) is 15.9. The number of carbonyl (C=O) groups is 3. The van der Waals surface area contributed by atoms with Crippen molar-refractivity contribution in [3.63, 3.8) is 0 Å². The molecule has 10 heteroatoms. The van der Waals surface area contributed by atoms with E-state index in [2.05, 4.69) is 5.32 Å². The molecule has 0 radical (unpaired) electrons. The molecule has 0 heterocycles. The summed E-state index contributed by atoms with van der Waals surface area (Å²) in [5.41, 5.74) is 0.326. The Morgan fingerprint density at radius 2 is 1.73 bits per heavy atom. The average Bonchev–Trinajstić information content (AvgIpc) is 2.71. The van der Waals surface area contributed by atoms with Gasteiger partial charge in [-0.25, -0.2) is 4.79 Å². The number of nitrogens with zero attached hydrogens (tertiary/aromatic N) is 1. The van der Waals surface area contributed by atoms with Gasteiger partial charge in [-0.1, -0.05) is 23.7 Å². The molecule has 0 saturated carbocycles. The first-order valence-electron chi connectivity index (χ1n) is 8.92. The average molecular weight is 435 g/mol. The molecule has 2 aromatic carbocycles. The second-order valence-corrected chi connectivity index (χ2v) is 6.70. The maximum absolute atomic E-state index is 12.5. The van der Waals surface area contributed by atoms with E-state index in [-0.39, 0.29) is 24.3 Å². The van der Waals surface area contributed by atoms with Gasteiger partial charge in [-0.05, 0) is 36.8 Å². The molecule has 2 aromatic rings. The number of carboxylic acid groups (broad SMARTS) is 1. The number of ether oxygens (including phenoxy) is 1. The van der Waals surface area contributed by atoms with Crippen LogP contribution in [0.3, 0.4) is 0 Å². The minimum atomic E-state index is -1.49. The molecule has 0 unspecified atom stereocenters. The third-order valence-corrected chi connectivity index (χ3v) is 4.54. The van der Waals surface area contributed by atoms with E-state index in [1.54, 1.807) is 6.92 Å².